The third-order valence-corrected chi connectivity index (χ3v) is 3.68. The minimum absolute atomic E-state index is 0.188. The van der Waals surface area contributed by atoms with E-state index in [9.17, 15) is 0 Å². The third kappa shape index (κ3) is 8.31. The Kier molecular flexibility index (Phi) is 8.58. The maximum atomic E-state index is 4.27. The van der Waals surface area contributed by atoms with Crippen LogP contribution in [-0.2, 0) is 0 Å². The number of allylic oxidation sites excluding steroid dienone is 1. The molecule has 0 aliphatic heterocycles. The summed E-state index contributed by atoms with van der Waals surface area (Å²) < 4.78 is 0. The van der Waals surface area contributed by atoms with Crippen molar-refractivity contribution in [2.45, 2.75) is 79.8 Å². The summed E-state index contributed by atoms with van der Waals surface area (Å²) in [5.41, 5.74) is 3.52. The van der Waals surface area contributed by atoms with Crippen molar-refractivity contribution in [3.05, 3.63) is 36.7 Å². The summed E-state index contributed by atoms with van der Waals surface area (Å²) in [5.74, 6) is 0.448. The van der Waals surface area contributed by atoms with Crippen LogP contribution in [0.3, 0.4) is 0 Å². The molecule has 2 N–H and O–H groups in total. The van der Waals surface area contributed by atoms with Crippen molar-refractivity contribution in [2.75, 3.05) is 0 Å². The van der Waals surface area contributed by atoms with E-state index in [0.29, 0.717) is 12.0 Å². The van der Waals surface area contributed by atoms with Gasteiger partial charge in [-0.3, -0.25) is 0 Å². The molecule has 128 valence electrons. The Morgan fingerprint density at radius 2 is 1.59 bits per heavy atom. The molecule has 0 radical (unpaired) electrons. The zero-order valence-corrected chi connectivity index (χ0v) is 16.0. The second kappa shape index (κ2) is 9.07. The first kappa shape index (κ1) is 20.8. The van der Waals surface area contributed by atoms with Crippen molar-refractivity contribution in [1.29, 1.82) is 0 Å². The second-order valence-electron chi connectivity index (χ2n) is 8.06. The van der Waals surface area contributed by atoms with Gasteiger partial charge in [0.2, 0.25) is 0 Å². The summed E-state index contributed by atoms with van der Waals surface area (Å²) in [4.78, 5) is 0. The molecule has 1 unspecified atom stereocenters. The van der Waals surface area contributed by atoms with E-state index >= 15 is 0 Å². The topological polar surface area (TPSA) is 24.1 Å². The van der Waals surface area contributed by atoms with E-state index in [-0.39, 0.29) is 11.5 Å². The number of hydrogen-bond acceptors (Lipinski definition) is 2. The molecule has 0 aromatic carbocycles. The largest absolute Gasteiger partial charge is 0.381 e. The molecule has 0 heterocycles. The van der Waals surface area contributed by atoms with Crippen molar-refractivity contribution in [2.24, 2.45) is 11.3 Å². The Balaban J connectivity index is 4.83. The highest BCUT2D eigenvalue weighted by Gasteiger charge is 2.21. The quantitative estimate of drug-likeness (QED) is 0.528. The normalized spacial score (nSPS) is 14.4. The van der Waals surface area contributed by atoms with Gasteiger partial charge >= 0.3 is 0 Å². The predicted octanol–water partition coefficient (Wildman–Crippen LogP) is 5.40. The molecule has 0 aliphatic carbocycles. The van der Waals surface area contributed by atoms with Gasteiger partial charge in [0.25, 0.3) is 0 Å². The maximum Gasteiger partial charge on any atom is 0.0673 e. The van der Waals surface area contributed by atoms with E-state index in [1.54, 1.807) is 0 Å². The Bertz CT molecular complexity index is 385. The van der Waals surface area contributed by atoms with Crippen LogP contribution in [0.15, 0.2) is 36.7 Å². The van der Waals surface area contributed by atoms with Crippen LogP contribution in [0.25, 0.3) is 0 Å². The number of hydrogen-bond donors (Lipinski definition) is 2. The van der Waals surface area contributed by atoms with Crippen molar-refractivity contribution >= 4 is 0 Å². The van der Waals surface area contributed by atoms with Gasteiger partial charge < -0.3 is 10.6 Å². The summed E-state index contributed by atoms with van der Waals surface area (Å²) in [6.07, 6.45) is 3.18. The molecule has 0 saturated heterocycles. The fourth-order valence-corrected chi connectivity index (χ4v) is 2.61. The molecule has 0 spiro atoms. The standard InChI is InChI=1S/C20H38N2/c1-11-12-18(14(2)3)22-17(7)19(15(4)5)21-16(6)13-20(8,9)10/h15,18-19,21-22H,2,6-7,11-13H2,1,3-5,8-10H3/t18?,19-/m0/s1. The van der Waals surface area contributed by atoms with Crippen LogP contribution in [0.2, 0.25) is 0 Å². The van der Waals surface area contributed by atoms with Crippen LogP contribution >= 0.6 is 0 Å². The van der Waals surface area contributed by atoms with Crippen LogP contribution in [0.1, 0.15) is 67.7 Å². The van der Waals surface area contributed by atoms with Crippen molar-refractivity contribution < 1.29 is 0 Å². The smallest absolute Gasteiger partial charge is 0.0673 e. The maximum absolute atomic E-state index is 4.27. The van der Waals surface area contributed by atoms with E-state index in [2.05, 4.69) is 78.8 Å². The highest BCUT2D eigenvalue weighted by Crippen LogP contribution is 2.23. The van der Waals surface area contributed by atoms with Gasteiger partial charge in [0.1, 0.15) is 0 Å². The van der Waals surface area contributed by atoms with Crippen LogP contribution in [0, 0.1) is 11.3 Å². The average molecular weight is 307 g/mol. The number of nitrogens with one attached hydrogen (secondary N) is 2. The zero-order chi connectivity index (χ0) is 17.5. The average Bonchev–Trinajstić information content (AvgIpc) is 2.32. The van der Waals surface area contributed by atoms with E-state index in [0.717, 1.165) is 30.7 Å². The second-order valence-corrected chi connectivity index (χ2v) is 8.06. The molecule has 2 heteroatoms. The first-order chi connectivity index (χ1) is 9.97. The van der Waals surface area contributed by atoms with Crippen LogP contribution in [-0.4, -0.2) is 12.1 Å². The lowest BCUT2D eigenvalue weighted by Gasteiger charge is -2.32. The Morgan fingerprint density at radius 1 is 1.05 bits per heavy atom. The summed E-state index contributed by atoms with van der Waals surface area (Å²) in [6.45, 7) is 28.0. The molecular formula is C20H38N2. The molecule has 0 fully saturated rings. The van der Waals surface area contributed by atoms with Gasteiger partial charge in [0.15, 0.2) is 0 Å². The van der Waals surface area contributed by atoms with Gasteiger partial charge in [0, 0.05) is 17.4 Å². The Morgan fingerprint density at radius 3 is 1.95 bits per heavy atom. The Hall–Kier alpha value is -1.18. The van der Waals surface area contributed by atoms with E-state index in [1.165, 1.54) is 5.57 Å². The van der Waals surface area contributed by atoms with Gasteiger partial charge in [-0.05, 0) is 31.1 Å². The highest BCUT2D eigenvalue weighted by molar-refractivity contribution is 5.15. The van der Waals surface area contributed by atoms with Crippen LogP contribution in [0.4, 0.5) is 0 Å². The monoisotopic (exact) mass is 306 g/mol. The lowest BCUT2D eigenvalue weighted by molar-refractivity contribution is 0.374. The highest BCUT2D eigenvalue weighted by atomic mass is 15.0. The molecule has 0 rings (SSSR count). The summed E-state index contributed by atoms with van der Waals surface area (Å²) in [5, 5.41) is 7.14. The molecule has 0 aromatic heterocycles. The van der Waals surface area contributed by atoms with Gasteiger partial charge in [-0.1, -0.05) is 73.3 Å². The summed E-state index contributed by atoms with van der Waals surface area (Å²) in [6, 6.07) is 0.491. The predicted molar refractivity (Wildman–Crippen MR) is 101 cm³/mol. The minimum Gasteiger partial charge on any atom is -0.381 e. The van der Waals surface area contributed by atoms with Crippen LogP contribution in [0.5, 0.6) is 0 Å². The van der Waals surface area contributed by atoms with E-state index in [4.69, 9.17) is 0 Å². The Labute approximate surface area is 139 Å². The number of rotatable bonds is 10. The van der Waals surface area contributed by atoms with Crippen molar-refractivity contribution in [1.82, 2.24) is 10.6 Å². The van der Waals surface area contributed by atoms with Crippen molar-refractivity contribution in [3.63, 3.8) is 0 Å². The summed E-state index contributed by atoms with van der Waals surface area (Å²) >= 11 is 0. The lowest BCUT2D eigenvalue weighted by atomic mass is 9.90. The van der Waals surface area contributed by atoms with Gasteiger partial charge in [-0.15, -0.1) is 0 Å². The fourth-order valence-electron chi connectivity index (χ4n) is 2.61. The molecular weight excluding hydrogens is 268 g/mol. The molecule has 0 aliphatic rings. The van der Waals surface area contributed by atoms with E-state index < -0.39 is 0 Å². The van der Waals surface area contributed by atoms with Gasteiger partial charge in [-0.25, -0.2) is 0 Å². The SMILES string of the molecule is C=C(CC(C)(C)C)N[C@H](C(=C)NC(CCC)C(=C)C)C(C)C. The molecule has 2 nitrogen and oxygen atoms in total. The molecule has 0 saturated carbocycles. The van der Waals surface area contributed by atoms with Crippen molar-refractivity contribution in [3.8, 4) is 0 Å². The first-order valence-electron chi connectivity index (χ1n) is 8.53. The fraction of sp³-hybridized carbons (Fsp3) is 0.700. The molecule has 0 bridgehead atoms. The van der Waals surface area contributed by atoms with E-state index in [1.807, 2.05) is 0 Å². The summed E-state index contributed by atoms with van der Waals surface area (Å²) in [7, 11) is 0. The van der Waals surface area contributed by atoms with Gasteiger partial charge in [0.05, 0.1) is 6.04 Å². The van der Waals surface area contributed by atoms with Crippen LogP contribution < -0.4 is 10.6 Å². The molecule has 2 atom stereocenters. The van der Waals surface area contributed by atoms with Gasteiger partial charge in [-0.2, -0.15) is 0 Å². The molecule has 0 amide bonds. The minimum atomic E-state index is 0.188. The first-order valence-corrected chi connectivity index (χ1v) is 8.53. The zero-order valence-electron chi connectivity index (χ0n) is 16.0. The third-order valence-electron chi connectivity index (χ3n) is 3.68. The molecule has 22 heavy (non-hydrogen) atoms. The lowest BCUT2D eigenvalue weighted by Crippen LogP contribution is -2.43. The molecule has 0 aromatic rings.